The quantitative estimate of drug-likeness (QED) is 0.375. The number of carbonyl (C=O) groups excluding carboxylic acids is 1. The smallest absolute Gasteiger partial charge is 0.157 e. The van der Waals surface area contributed by atoms with E-state index in [1.807, 2.05) is 20.8 Å². The second-order valence-corrected chi connectivity index (χ2v) is 14.0. The maximum absolute atomic E-state index is 12.2. The van der Waals surface area contributed by atoms with Crippen LogP contribution in [0.1, 0.15) is 93.9 Å². The Morgan fingerprint density at radius 2 is 1.74 bits per heavy atom. The summed E-state index contributed by atoms with van der Waals surface area (Å²) in [5.74, 6) is 0.340. The van der Waals surface area contributed by atoms with E-state index in [2.05, 4.69) is 40.7 Å². The second kappa shape index (κ2) is 8.02. The standard InChI is InChI=1S/C30H48O4/c1-18(2)21(31)10-16-30(8,34)23-11-15-28(6)20-17-22(32)25-26(3,4)24(33)12-13-27(25,5)19(20)9-14-29(23,28)7/h9-10,16,18,20,22-25,32-34H,11-15,17H2,1-8H3/b16-10+/t20-,22+,23+,24+,25+,27-,28+,29-,30+/m1/s1. The normalized spacial score (nSPS) is 47.5. The fourth-order valence-electron chi connectivity index (χ4n) is 9.33. The number of fused-ring (bicyclic) bond motifs is 5. The van der Waals surface area contributed by atoms with Crippen molar-refractivity contribution in [3.63, 3.8) is 0 Å². The van der Waals surface area contributed by atoms with E-state index in [-0.39, 0.29) is 57.2 Å². The van der Waals surface area contributed by atoms with Crippen LogP contribution in [-0.4, -0.2) is 38.9 Å². The Balaban J connectivity index is 1.72. The molecule has 4 aliphatic carbocycles. The predicted octanol–water partition coefficient (Wildman–Crippen LogP) is 5.46. The third-order valence-electron chi connectivity index (χ3n) is 11.6. The van der Waals surface area contributed by atoms with Gasteiger partial charge in [-0.2, -0.15) is 0 Å². The van der Waals surface area contributed by atoms with Gasteiger partial charge in [0.1, 0.15) is 0 Å². The molecule has 3 N–H and O–H groups in total. The molecular formula is C30H48O4. The number of hydrogen-bond donors (Lipinski definition) is 3. The van der Waals surface area contributed by atoms with Gasteiger partial charge in [-0.1, -0.05) is 60.1 Å². The number of ketones is 1. The van der Waals surface area contributed by atoms with Crippen molar-refractivity contribution in [2.24, 2.45) is 45.3 Å². The minimum atomic E-state index is -1.06. The number of hydrogen-bond acceptors (Lipinski definition) is 4. The van der Waals surface area contributed by atoms with Gasteiger partial charge < -0.3 is 15.3 Å². The maximum atomic E-state index is 12.2. The van der Waals surface area contributed by atoms with Crippen molar-refractivity contribution in [3.8, 4) is 0 Å². The molecule has 3 saturated carbocycles. The summed E-state index contributed by atoms with van der Waals surface area (Å²) in [5, 5.41) is 34.0. The van der Waals surface area contributed by atoms with Crippen LogP contribution in [0, 0.1) is 45.3 Å². The van der Waals surface area contributed by atoms with Crippen LogP contribution in [-0.2, 0) is 4.79 Å². The van der Waals surface area contributed by atoms with Crippen LogP contribution in [0.3, 0.4) is 0 Å². The van der Waals surface area contributed by atoms with Crippen molar-refractivity contribution in [1.82, 2.24) is 0 Å². The van der Waals surface area contributed by atoms with Crippen LogP contribution in [0.2, 0.25) is 0 Å². The zero-order valence-electron chi connectivity index (χ0n) is 22.7. The summed E-state index contributed by atoms with van der Waals surface area (Å²) in [4.78, 5) is 12.2. The second-order valence-electron chi connectivity index (χ2n) is 14.0. The van der Waals surface area contributed by atoms with E-state index in [1.165, 1.54) is 5.57 Å². The highest BCUT2D eigenvalue weighted by Gasteiger charge is 2.68. The lowest BCUT2D eigenvalue weighted by Crippen LogP contribution is -2.62. The summed E-state index contributed by atoms with van der Waals surface area (Å²) in [6, 6.07) is 0. The fourth-order valence-corrected chi connectivity index (χ4v) is 9.33. The molecule has 0 amide bonds. The summed E-state index contributed by atoms with van der Waals surface area (Å²) in [6.07, 6.45) is 10.2. The molecule has 0 saturated heterocycles. The number of allylic oxidation sites excluding steroid dienone is 3. The molecular weight excluding hydrogens is 424 g/mol. The van der Waals surface area contributed by atoms with E-state index in [1.54, 1.807) is 12.2 Å². The Kier molecular flexibility index (Phi) is 6.15. The van der Waals surface area contributed by atoms with Gasteiger partial charge in [-0.3, -0.25) is 4.79 Å². The van der Waals surface area contributed by atoms with Gasteiger partial charge >= 0.3 is 0 Å². The number of rotatable bonds is 4. The van der Waals surface area contributed by atoms with E-state index < -0.39 is 11.7 Å². The molecule has 0 unspecified atom stereocenters. The van der Waals surface area contributed by atoms with Crippen molar-refractivity contribution < 1.29 is 20.1 Å². The van der Waals surface area contributed by atoms with Crippen molar-refractivity contribution in [3.05, 3.63) is 23.8 Å². The van der Waals surface area contributed by atoms with Gasteiger partial charge in [0.15, 0.2) is 5.78 Å². The Bertz CT molecular complexity index is 897. The molecule has 0 aromatic heterocycles. The van der Waals surface area contributed by atoms with Gasteiger partial charge in [-0.05, 0) is 91.1 Å². The molecule has 4 aliphatic rings. The lowest BCUT2D eigenvalue weighted by Gasteiger charge is -2.65. The lowest BCUT2D eigenvalue weighted by atomic mass is 9.40. The summed E-state index contributed by atoms with van der Waals surface area (Å²) >= 11 is 0. The highest BCUT2D eigenvalue weighted by atomic mass is 16.3. The van der Waals surface area contributed by atoms with Gasteiger partial charge in [-0.15, -0.1) is 0 Å². The van der Waals surface area contributed by atoms with Crippen LogP contribution in [0.5, 0.6) is 0 Å². The van der Waals surface area contributed by atoms with Crippen molar-refractivity contribution in [2.45, 2.75) is 112 Å². The van der Waals surface area contributed by atoms with Gasteiger partial charge in [0, 0.05) is 11.8 Å². The van der Waals surface area contributed by atoms with E-state index >= 15 is 0 Å². The maximum Gasteiger partial charge on any atom is 0.157 e. The molecule has 192 valence electrons. The highest BCUT2D eigenvalue weighted by Crippen LogP contribution is 2.73. The Morgan fingerprint density at radius 1 is 1.09 bits per heavy atom. The van der Waals surface area contributed by atoms with Gasteiger partial charge in [0.25, 0.3) is 0 Å². The zero-order valence-corrected chi connectivity index (χ0v) is 22.7. The van der Waals surface area contributed by atoms with Crippen molar-refractivity contribution in [2.75, 3.05) is 0 Å². The molecule has 4 nitrogen and oxygen atoms in total. The summed E-state index contributed by atoms with van der Waals surface area (Å²) in [6.45, 7) is 17.0. The molecule has 0 aromatic rings. The first-order chi connectivity index (χ1) is 15.5. The molecule has 0 spiro atoms. The molecule has 3 fully saturated rings. The zero-order chi connectivity index (χ0) is 25.5. The van der Waals surface area contributed by atoms with Crippen LogP contribution in [0.15, 0.2) is 23.8 Å². The molecule has 0 radical (unpaired) electrons. The van der Waals surface area contributed by atoms with Gasteiger partial charge in [0.2, 0.25) is 0 Å². The first kappa shape index (κ1) is 26.1. The van der Waals surface area contributed by atoms with Crippen LogP contribution >= 0.6 is 0 Å². The Hall–Kier alpha value is -0.970. The Labute approximate surface area is 206 Å². The summed E-state index contributed by atoms with van der Waals surface area (Å²) in [5.41, 5.74) is -0.151. The topological polar surface area (TPSA) is 77.8 Å². The molecule has 9 atom stereocenters. The number of aliphatic hydroxyl groups excluding tert-OH is 2. The Morgan fingerprint density at radius 3 is 2.35 bits per heavy atom. The highest BCUT2D eigenvalue weighted by molar-refractivity contribution is 5.91. The van der Waals surface area contributed by atoms with Gasteiger partial charge in [-0.25, -0.2) is 0 Å². The van der Waals surface area contributed by atoms with Crippen LogP contribution in [0.4, 0.5) is 0 Å². The van der Waals surface area contributed by atoms with E-state index in [9.17, 15) is 20.1 Å². The minimum absolute atomic E-state index is 0.0309. The first-order valence-electron chi connectivity index (χ1n) is 13.5. The molecule has 34 heavy (non-hydrogen) atoms. The van der Waals surface area contributed by atoms with Crippen molar-refractivity contribution in [1.29, 1.82) is 0 Å². The number of aliphatic hydroxyl groups is 3. The fraction of sp³-hybridized carbons (Fsp3) is 0.833. The first-order valence-corrected chi connectivity index (χ1v) is 13.5. The third-order valence-corrected chi connectivity index (χ3v) is 11.6. The molecule has 0 bridgehead atoms. The van der Waals surface area contributed by atoms with E-state index in [0.717, 1.165) is 38.5 Å². The monoisotopic (exact) mass is 472 g/mol. The lowest BCUT2D eigenvalue weighted by molar-refractivity contribution is -0.167. The summed E-state index contributed by atoms with van der Waals surface area (Å²) < 4.78 is 0. The predicted molar refractivity (Wildman–Crippen MR) is 136 cm³/mol. The van der Waals surface area contributed by atoms with E-state index in [4.69, 9.17) is 0 Å². The minimum Gasteiger partial charge on any atom is -0.393 e. The van der Waals surface area contributed by atoms with E-state index in [0.29, 0.717) is 0 Å². The molecule has 0 heterocycles. The largest absolute Gasteiger partial charge is 0.393 e. The molecule has 0 aliphatic heterocycles. The SMILES string of the molecule is CC(C)C(=O)/C=C/[C@](C)(O)[C@H]1CC[C@@]2(C)[C@@H]3C[C@H](O)[C@H]4C(C)(C)[C@@H](O)CC[C@]4(C)C3=CC[C@]12C. The number of carbonyl (C=O) groups is 1. The average molecular weight is 473 g/mol. The average Bonchev–Trinajstić information content (AvgIpc) is 3.01. The van der Waals surface area contributed by atoms with Crippen LogP contribution < -0.4 is 0 Å². The molecule has 0 aromatic carbocycles. The summed E-state index contributed by atoms with van der Waals surface area (Å²) in [7, 11) is 0. The molecule has 4 rings (SSSR count). The third kappa shape index (κ3) is 3.45. The molecule has 4 heteroatoms. The van der Waals surface area contributed by atoms with Gasteiger partial charge in [0.05, 0.1) is 17.8 Å². The van der Waals surface area contributed by atoms with Crippen LogP contribution in [0.25, 0.3) is 0 Å². The van der Waals surface area contributed by atoms with Crippen molar-refractivity contribution >= 4 is 5.78 Å².